The van der Waals surface area contributed by atoms with E-state index in [1.807, 2.05) is 18.2 Å². The lowest BCUT2D eigenvalue weighted by atomic mass is 10.1. The van der Waals surface area contributed by atoms with Gasteiger partial charge in [-0.3, -0.25) is 4.79 Å². The first-order valence-corrected chi connectivity index (χ1v) is 8.77. The minimum Gasteiger partial charge on any atom is -0.491 e. The minimum absolute atomic E-state index is 0.154. The van der Waals surface area contributed by atoms with Gasteiger partial charge in [0.1, 0.15) is 12.4 Å². The molecule has 138 valence electrons. The SMILES string of the molecule is O=C(Nc1cccc(OC[C@@H]2CCCO2)c1)c1ccc(-c2nn[nH]n2)cc1. The van der Waals surface area contributed by atoms with Crippen LogP contribution in [0.1, 0.15) is 23.2 Å². The Morgan fingerprint density at radius 3 is 2.89 bits per heavy atom. The third-order valence-electron chi connectivity index (χ3n) is 4.30. The van der Waals surface area contributed by atoms with Gasteiger partial charge in [0.15, 0.2) is 0 Å². The first kappa shape index (κ1) is 17.2. The zero-order valence-corrected chi connectivity index (χ0v) is 14.6. The maximum Gasteiger partial charge on any atom is 0.255 e. The van der Waals surface area contributed by atoms with Gasteiger partial charge in [0.25, 0.3) is 5.91 Å². The second-order valence-electron chi connectivity index (χ2n) is 6.24. The number of ether oxygens (including phenoxy) is 2. The maximum atomic E-state index is 12.5. The Morgan fingerprint density at radius 2 is 2.15 bits per heavy atom. The topological polar surface area (TPSA) is 102 Å². The van der Waals surface area contributed by atoms with Crippen molar-refractivity contribution in [1.82, 2.24) is 20.6 Å². The van der Waals surface area contributed by atoms with Crippen molar-refractivity contribution in [3.63, 3.8) is 0 Å². The summed E-state index contributed by atoms with van der Waals surface area (Å²) in [4.78, 5) is 12.5. The van der Waals surface area contributed by atoms with Crippen molar-refractivity contribution in [2.24, 2.45) is 0 Å². The molecule has 2 N–H and O–H groups in total. The highest BCUT2D eigenvalue weighted by Crippen LogP contribution is 2.21. The van der Waals surface area contributed by atoms with Gasteiger partial charge in [-0.25, -0.2) is 0 Å². The quantitative estimate of drug-likeness (QED) is 0.696. The molecular formula is C19H19N5O3. The molecule has 4 rings (SSSR count). The molecule has 1 saturated heterocycles. The van der Waals surface area contributed by atoms with Crippen LogP contribution in [0.2, 0.25) is 0 Å². The molecule has 3 aromatic rings. The molecule has 0 spiro atoms. The maximum absolute atomic E-state index is 12.5. The number of nitrogens with zero attached hydrogens (tertiary/aromatic N) is 3. The zero-order chi connectivity index (χ0) is 18.5. The van der Waals surface area contributed by atoms with Crippen LogP contribution in [0.15, 0.2) is 48.5 Å². The Balaban J connectivity index is 1.38. The summed E-state index contributed by atoms with van der Waals surface area (Å²) in [5.74, 6) is 0.986. The van der Waals surface area contributed by atoms with Crippen LogP contribution < -0.4 is 10.1 Å². The molecule has 1 aliphatic heterocycles. The predicted octanol–water partition coefficient (Wildman–Crippen LogP) is 2.68. The van der Waals surface area contributed by atoms with Gasteiger partial charge in [-0.15, -0.1) is 10.2 Å². The number of benzene rings is 2. The molecule has 0 saturated carbocycles. The van der Waals surface area contributed by atoms with Gasteiger partial charge < -0.3 is 14.8 Å². The lowest BCUT2D eigenvalue weighted by Crippen LogP contribution is -2.16. The average molecular weight is 365 g/mol. The number of amides is 1. The highest BCUT2D eigenvalue weighted by molar-refractivity contribution is 6.04. The Labute approximate surface area is 155 Å². The van der Waals surface area contributed by atoms with E-state index in [-0.39, 0.29) is 12.0 Å². The number of H-pyrrole nitrogens is 1. The second-order valence-corrected chi connectivity index (χ2v) is 6.24. The first-order valence-electron chi connectivity index (χ1n) is 8.77. The van der Waals surface area contributed by atoms with E-state index >= 15 is 0 Å². The van der Waals surface area contributed by atoms with Gasteiger partial charge in [-0.05, 0) is 42.3 Å². The summed E-state index contributed by atoms with van der Waals surface area (Å²) in [5, 5.41) is 16.6. The van der Waals surface area contributed by atoms with E-state index in [0.717, 1.165) is 25.0 Å². The molecular weight excluding hydrogens is 346 g/mol. The van der Waals surface area contributed by atoms with Crippen molar-refractivity contribution in [2.75, 3.05) is 18.5 Å². The number of hydrogen-bond acceptors (Lipinski definition) is 6. The fourth-order valence-electron chi connectivity index (χ4n) is 2.89. The van der Waals surface area contributed by atoms with E-state index < -0.39 is 0 Å². The number of anilines is 1. The molecule has 1 fully saturated rings. The van der Waals surface area contributed by atoms with Crippen LogP contribution in [0.5, 0.6) is 5.75 Å². The number of hydrogen-bond donors (Lipinski definition) is 2. The van der Waals surface area contributed by atoms with Crippen LogP contribution in [0.3, 0.4) is 0 Å². The lowest BCUT2D eigenvalue weighted by Gasteiger charge is -2.12. The minimum atomic E-state index is -0.203. The normalized spacial score (nSPS) is 16.2. The Bertz CT molecular complexity index is 890. The summed E-state index contributed by atoms with van der Waals surface area (Å²) in [6.07, 6.45) is 2.26. The summed E-state index contributed by atoms with van der Waals surface area (Å²) >= 11 is 0. The van der Waals surface area contributed by atoms with Crippen molar-refractivity contribution in [1.29, 1.82) is 0 Å². The van der Waals surface area contributed by atoms with E-state index in [1.54, 1.807) is 30.3 Å². The molecule has 1 atom stereocenters. The number of aromatic nitrogens is 4. The highest BCUT2D eigenvalue weighted by atomic mass is 16.5. The summed E-state index contributed by atoms with van der Waals surface area (Å²) < 4.78 is 11.3. The van der Waals surface area contributed by atoms with E-state index in [9.17, 15) is 4.79 Å². The Hall–Kier alpha value is -3.26. The number of aromatic amines is 1. The molecule has 0 radical (unpaired) electrons. The number of carbonyl (C=O) groups is 1. The largest absolute Gasteiger partial charge is 0.491 e. The van der Waals surface area contributed by atoms with E-state index in [2.05, 4.69) is 25.9 Å². The summed E-state index contributed by atoms with van der Waals surface area (Å²) in [5.41, 5.74) is 1.99. The zero-order valence-electron chi connectivity index (χ0n) is 14.6. The number of carbonyl (C=O) groups excluding carboxylic acids is 1. The molecule has 8 heteroatoms. The first-order chi connectivity index (χ1) is 13.3. The molecule has 2 aromatic carbocycles. The summed E-state index contributed by atoms with van der Waals surface area (Å²) in [6.45, 7) is 1.32. The Kier molecular flexibility index (Phi) is 5.06. The van der Waals surface area contributed by atoms with Crippen molar-refractivity contribution in [3.8, 4) is 17.1 Å². The average Bonchev–Trinajstić information content (AvgIpc) is 3.41. The van der Waals surface area contributed by atoms with E-state index in [0.29, 0.717) is 29.4 Å². The third-order valence-corrected chi connectivity index (χ3v) is 4.30. The second kappa shape index (κ2) is 7.96. The molecule has 0 unspecified atom stereocenters. The molecule has 1 aromatic heterocycles. The summed E-state index contributed by atoms with van der Waals surface area (Å²) in [7, 11) is 0. The fourth-order valence-corrected chi connectivity index (χ4v) is 2.89. The van der Waals surface area contributed by atoms with Crippen molar-refractivity contribution in [3.05, 3.63) is 54.1 Å². The van der Waals surface area contributed by atoms with E-state index in [1.165, 1.54) is 0 Å². The van der Waals surface area contributed by atoms with Crippen molar-refractivity contribution < 1.29 is 14.3 Å². The Morgan fingerprint density at radius 1 is 1.26 bits per heavy atom. The van der Waals surface area contributed by atoms with E-state index in [4.69, 9.17) is 9.47 Å². The third kappa shape index (κ3) is 4.29. The smallest absolute Gasteiger partial charge is 0.255 e. The molecule has 1 amide bonds. The fraction of sp³-hybridized carbons (Fsp3) is 0.263. The van der Waals surface area contributed by atoms with Crippen molar-refractivity contribution >= 4 is 11.6 Å². The summed E-state index contributed by atoms with van der Waals surface area (Å²) in [6, 6.07) is 14.3. The number of rotatable bonds is 6. The van der Waals surface area contributed by atoms with Gasteiger partial charge in [0, 0.05) is 29.5 Å². The molecule has 27 heavy (non-hydrogen) atoms. The lowest BCUT2D eigenvalue weighted by molar-refractivity contribution is 0.0680. The van der Waals surface area contributed by atoms with Gasteiger partial charge in [0.2, 0.25) is 5.82 Å². The van der Waals surface area contributed by atoms with Crippen molar-refractivity contribution in [2.45, 2.75) is 18.9 Å². The van der Waals surface area contributed by atoms with Crippen LogP contribution in [0.25, 0.3) is 11.4 Å². The van der Waals surface area contributed by atoms with Crippen LogP contribution in [-0.2, 0) is 4.74 Å². The molecule has 0 aliphatic carbocycles. The van der Waals surface area contributed by atoms with Crippen LogP contribution in [-0.4, -0.2) is 45.8 Å². The molecule has 2 heterocycles. The van der Waals surface area contributed by atoms with Crippen LogP contribution in [0.4, 0.5) is 5.69 Å². The molecule has 0 bridgehead atoms. The monoisotopic (exact) mass is 365 g/mol. The van der Waals surface area contributed by atoms with Gasteiger partial charge in [0.05, 0.1) is 6.10 Å². The van der Waals surface area contributed by atoms with Crippen LogP contribution >= 0.6 is 0 Å². The van der Waals surface area contributed by atoms with Gasteiger partial charge in [-0.2, -0.15) is 5.21 Å². The van der Waals surface area contributed by atoms with Gasteiger partial charge >= 0.3 is 0 Å². The van der Waals surface area contributed by atoms with Gasteiger partial charge in [-0.1, -0.05) is 18.2 Å². The number of nitrogens with one attached hydrogen (secondary N) is 2. The standard InChI is InChI=1S/C19H19N5O3/c25-19(14-8-6-13(7-9-14)18-21-23-24-22-18)20-15-3-1-4-16(11-15)27-12-17-5-2-10-26-17/h1,3-4,6-9,11,17H,2,5,10,12H2,(H,20,25)(H,21,22,23,24)/t17-/m0/s1. The molecule has 8 nitrogen and oxygen atoms in total. The predicted molar refractivity (Wildman–Crippen MR) is 98.5 cm³/mol. The number of tetrazole rings is 1. The molecule has 1 aliphatic rings. The highest BCUT2D eigenvalue weighted by Gasteiger charge is 2.16. The van der Waals surface area contributed by atoms with Crippen LogP contribution in [0, 0.1) is 0 Å².